The maximum atomic E-state index is 12.0. The molecule has 0 aliphatic rings. The molecule has 0 radical (unpaired) electrons. The third kappa shape index (κ3) is 5.60. The number of rotatable bonds is 7. The average Bonchev–Trinajstić information content (AvgIpc) is 2.57. The first-order valence-electron chi connectivity index (χ1n) is 7.41. The third-order valence-corrected chi connectivity index (χ3v) is 3.90. The van der Waals surface area contributed by atoms with E-state index in [1.807, 2.05) is 48.5 Å². The third-order valence-electron chi connectivity index (χ3n) is 3.37. The molecule has 0 aliphatic heterocycles. The van der Waals surface area contributed by atoms with Crippen LogP contribution in [0.1, 0.15) is 12.5 Å². The molecule has 4 nitrogen and oxygen atoms in total. The van der Waals surface area contributed by atoms with Crippen LogP contribution in [0.2, 0.25) is 0 Å². The Balaban J connectivity index is 1.75. The molecule has 5 heteroatoms. The lowest BCUT2D eigenvalue weighted by atomic mass is 10.1. The fraction of sp³-hybridized carbons (Fsp3) is 0.278. The lowest BCUT2D eigenvalue weighted by Crippen LogP contribution is -2.37. The molecule has 0 heterocycles. The predicted molar refractivity (Wildman–Crippen MR) is 93.9 cm³/mol. The van der Waals surface area contributed by atoms with Crippen molar-refractivity contribution in [3.8, 4) is 11.5 Å². The highest BCUT2D eigenvalue weighted by atomic mass is 79.9. The van der Waals surface area contributed by atoms with Crippen molar-refractivity contribution in [2.24, 2.45) is 0 Å². The number of carbonyl (C=O) groups is 1. The monoisotopic (exact) mass is 377 g/mol. The molecule has 0 fully saturated rings. The number of methoxy groups -OCH3 is 1. The van der Waals surface area contributed by atoms with Gasteiger partial charge in [0, 0.05) is 11.0 Å². The molecule has 0 aromatic heterocycles. The maximum Gasteiger partial charge on any atom is 0.260 e. The summed E-state index contributed by atoms with van der Waals surface area (Å²) in [6.07, 6.45) is 0.229. The van der Waals surface area contributed by atoms with Crippen molar-refractivity contribution < 1.29 is 14.3 Å². The van der Waals surface area contributed by atoms with Crippen molar-refractivity contribution in [1.82, 2.24) is 5.32 Å². The first-order valence-corrected chi connectivity index (χ1v) is 8.20. The molecule has 23 heavy (non-hydrogen) atoms. The quantitative estimate of drug-likeness (QED) is 0.801. The summed E-state index contributed by atoms with van der Waals surface area (Å²) in [4.78, 5) is 12.0. The standard InChI is InChI=1S/C18H20BrNO3/c1-13(23-17-9-5-15(19)6-10-17)18(21)20-12-11-14-3-7-16(22-2)8-4-14/h3-10,13H,11-12H2,1-2H3,(H,20,21)/t13-/m1/s1. The van der Waals surface area contributed by atoms with Crippen LogP contribution in [0.4, 0.5) is 0 Å². The lowest BCUT2D eigenvalue weighted by Gasteiger charge is -2.14. The van der Waals surface area contributed by atoms with Crippen molar-refractivity contribution >= 4 is 21.8 Å². The van der Waals surface area contributed by atoms with Gasteiger partial charge in [-0.25, -0.2) is 0 Å². The second kappa shape index (κ2) is 8.58. The van der Waals surface area contributed by atoms with E-state index < -0.39 is 6.10 Å². The zero-order chi connectivity index (χ0) is 16.7. The summed E-state index contributed by atoms with van der Waals surface area (Å²) in [7, 11) is 1.64. The van der Waals surface area contributed by atoms with Crippen LogP contribution in [0.15, 0.2) is 53.0 Å². The van der Waals surface area contributed by atoms with E-state index in [2.05, 4.69) is 21.2 Å². The molecule has 122 valence electrons. The van der Waals surface area contributed by atoms with Crippen molar-refractivity contribution in [3.63, 3.8) is 0 Å². The van der Waals surface area contributed by atoms with Crippen LogP contribution in [0.25, 0.3) is 0 Å². The van der Waals surface area contributed by atoms with E-state index in [-0.39, 0.29) is 5.91 Å². The Morgan fingerprint density at radius 1 is 1.09 bits per heavy atom. The highest BCUT2D eigenvalue weighted by Crippen LogP contribution is 2.17. The second-order valence-electron chi connectivity index (χ2n) is 5.10. The number of halogens is 1. The van der Waals surface area contributed by atoms with Gasteiger partial charge in [0.2, 0.25) is 0 Å². The molecule has 1 N–H and O–H groups in total. The Morgan fingerprint density at radius 2 is 1.70 bits per heavy atom. The number of amides is 1. The average molecular weight is 378 g/mol. The summed E-state index contributed by atoms with van der Waals surface area (Å²) >= 11 is 3.36. The molecule has 1 atom stereocenters. The Kier molecular flexibility index (Phi) is 6.47. The Bertz CT molecular complexity index is 626. The molecule has 2 aromatic carbocycles. The Labute approximate surface area is 144 Å². The van der Waals surface area contributed by atoms with E-state index in [4.69, 9.17) is 9.47 Å². The Morgan fingerprint density at radius 3 is 2.30 bits per heavy atom. The number of ether oxygens (including phenoxy) is 2. The van der Waals surface area contributed by atoms with E-state index in [0.717, 1.165) is 22.2 Å². The second-order valence-corrected chi connectivity index (χ2v) is 6.02. The van der Waals surface area contributed by atoms with Gasteiger partial charge < -0.3 is 14.8 Å². The fourth-order valence-electron chi connectivity index (χ4n) is 2.04. The summed E-state index contributed by atoms with van der Waals surface area (Å²) in [5, 5.41) is 2.89. The summed E-state index contributed by atoms with van der Waals surface area (Å²) < 4.78 is 11.7. The minimum Gasteiger partial charge on any atom is -0.497 e. The molecular formula is C18H20BrNO3. The number of hydrogen-bond donors (Lipinski definition) is 1. The predicted octanol–water partition coefficient (Wildman–Crippen LogP) is 3.58. The molecule has 2 aromatic rings. The highest BCUT2D eigenvalue weighted by molar-refractivity contribution is 9.10. The molecule has 0 saturated carbocycles. The van der Waals surface area contributed by atoms with E-state index in [0.29, 0.717) is 12.3 Å². The zero-order valence-electron chi connectivity index (χ0n) is 13.2. The van der Waals surface area contributed by atoms with Crippen LogP contribution < -0.4 is 14.8 Å². The van der Waals surface area contributed by atoms with E-state index in [1.54, 1.807) is 14.0 Å². The summed E-state index contributed by atoms with van der Waals surface area (Å²) in [6, 6.07) is 15.2. The summed E-state index contributed by atoms with van der Waals surface area (Å²) in [6.45, 7) is 2.31. The van der Waals surface area contributed by atoms with E-state index >= 15 is 0 Å². The molecule has 0 bridgehead atoms. The van der Waals surface area contributed by atoms with Crippen LogP contribution in [-0.4, -0.2) is 25.7 Å². The van der Waals surface area contributed by atoms with Crippen LogP contribution in [0, 0.1) is 0 Å². The number of carbonyl (C=O) groups excluding carboxylic acids is 1. The van der Waals surface area contributed by atoms with Gasteiger partial charge in [-0.3, -0.25) is 4.79 Å². The van der Waals surface area contributed by atoms with Gasteiger partial charge in [0.05, 0.1) is 7.11 Å². The lowest BCUT2D eigenvalue weighted by molar-refractivity contribution is -0.127. The van der Waals surface area contributed by atoms with Gasteiger partial charge in [-0.15, -0.1) is 0 Å². The van der Waals surface area contributed by atoms with Crippen molar-refractivity contribution in [3.05, 3.63) is 58.6 Å². The van der Waals surface area contributed by atoms with Gasteiger partial charge in [-0.2, -0.15) is 0 Å². The van der Waals surface area contributed by atoms with Gasteiger partial charge in [-0.1, -0.05) is 28.1 Å². The van der Waals surface area contributed by atoms with Gasteiger partial charge in [0.25, 0.3) is 5.91 Å². The van der Waals surface area contributed by atoms with Gasteiger partial charge in [-0.05, 0) is 55.3 Å². The van der Waals surface area contributed by atoms with Gasteiger partial charge in [0.1, 0.15) is 11.5 Å². The zero-order valence-corrected chi connectivity index (χ0v) is 14.8. The summed E-state index contributed by atoms with van der Waals surface area (Å²) in [5.74, 6) is 1.38. The normalized spacial score (nSPS) is 11.6. The Hall–Kier alpha value is -2.01. The van der Waals surface area contributed by atoms with Crippen LogP contribution in [0.3, 0.4) is 0 Å². The van der Waals surface area contributed by atoms with Crippen molar-refractivity contribution in [2.45, 2.75) is 19.4 Å². The molecule has 0 aliphatic carbocycles. The first kappa shape index (κ1) is 17.3. The molecule has 0 saturated heterocycles. The van der Waals surface area contributed by atoms with Crippen LogP contribution in [-0.2, 0) is 11.2 Å². The molecular weight excluding hydrogens is 358 g/mol. The number of benzene rings is 2. The minimum absolute atomic E-state index is 0.124. The molecule has 0 unspecified atom stereocenters. The van der Waals surface area contributed by atoms with E-state index in [9.17, 15) is 4.79 Å². The smallest absolute Gasteiger partial charge is 0.260 e. The topological polar surface area (TPSA) is 47.6 Å². The van der Waals surface area contributed by atoms with Gasteiger partial charge in [0.15, 0.2) is 6.10 Å². The van der Waals surface area contributed by atoms with Crippen LogP contribution in [0.5, 0.6) is 11.5 Å². The molecule has 0 spiro atoms. The largest absolute Gasteiger partial charge is 0.497 e. The highest BCUT2D eigenvalue weighted by Gasteiger charge is 2.13. The first-order chi connectivity index (χ1) is 11.1. The van der Waals surface area contributed by atoms with Crippen LogP contribution >= 0.6 is 15.9 Å². The SMILES string of the molecule is COc1ccc(CCNC(=O)[C@@H](C)Oc2ccc(Br)cc2)cc1. The molecule has 2 rings (SSSR count). The maximum absolute atomic E-state index is 12.0. The van der Waals surface area contributed by atoms with Crippen molar-refractivity contribution in [2.75, 3.05) is 13.7 Å². The molecule has 1 amide bonds. The summed E-state index contributed by atoms with van der Waals surface area (Å²) in [5.41, 5.74) is 1.15. The minimum atomic E-state index is -0.535. The number of nitrogens with one attached hydrogen (secondary N) is 1. The van der Waals surface area contributed by atoms with E-state index in [1.165, 1.54) is 0 Å². The fourth-order valence-corrected chi connectivity index (χ4v) is 2.30. The number of hydrogen-bond acceptors (Lipinski definition) is 3. The van der Waals surface area contributed by atoms with Crippen molar-refractivity contribution in [1.29, 1.82) is 0 Å². The van der Waals surface area contributed by atoms with Gasteiger partial charge >= 0.3 is 0 Å².